The molecule has 1 saturated heterocycles. The Morgan fingerprint density at radius 3 is 2.75 bits per heavy atom. The summed E-state index contributed by atoms with van der Waals surface area (Å²) in [6.07, 6.45) is 3.10. The lowest BCUT2D eigenvalue weighted by molar-refractivity contribution is 0.157. The van der Waals surface area contributed by atoms with Gasteiger partial charge in [0.1, 0.15) is 5.82 Å². The molecule has 114 valence electrons. The van der Waals surface area contributed by atoms with Crippen molar-refractivity contribution in [2.45, 2.75) is 32.9 Å². The average Bonchev–Trinajstić information content (AvgIpc) is 2.43. The molecule has 2 atom stereocenters. The van der Waals surface area contributed by atoms with E-state index in [1.165, 1.54) is 5.56 Å². The van der Waals surface area contributed by atoms with Crippen LogP contribution >= 0.6 is 12.4 Å². The Bertz CT molecular complexity index is 395. The van der Waals surface area contributed by atoms with Gasteiger partial charge in [-0.1, -0.05) is 13.0 Å². The van der Waals surface area contributed by atoms with E-state index < -0.39 is 0 Å². The number of halogens is 1. The monoisotopic (exact) mass is 298 g/mol. The predicted molar refractivity (Wildman–Crippen MR) is 87.5 cm³/mol. The van der Waals surface area contributed by atoms with Crippen molar-refractivity contribution >= 4 is 18.2 Å². The molecule has 1 aliphatic heterocycles. The van der Waals surface area contributed by atoms with Gasteiger partial charge in [0.2, 0.25) is 0 Å². The molecule has 4 nitrogen and oxygen atoms in total. The molecule has 2 rings (SSSR count). The SMILES string of the molecule is CCN(C)c1ccc(CN2CCC(N)C(C)C2)cn1.Cl. The molecule has 1 aliphatic rings. The van der Waals surface area contributed by atoms with Crippen LogP contribution in [0, 0.1) is 5.92 Å². The molecule has 20 heavy (non-hydrogen) atoms. The molecule has 0 amide bonds. The van der Waals surface area contributed by atoms with Gasteiger partial charge in [-0.25, -0.2) is 4.98 Å². The predicted octanol–water partition coefficient (Wildman–Crippen LogP) is 2.13. The van der Waals surface area contributed by atoms with Crippen LogP contribution in [0.2, 0.25) is 0 Å². The number of nitrogens with zero attached hydrogens (tertiary/aromatic N) is 3. The maximum absolute atomic E-state index is 6.06. The number of likely N-dealkylation sites (tertiary alicyclic amines) is 1. The van der Waals surface area contributed by atoms with Crippen LogP contribution in [0.3, 0.4) is 0 Å². The topological polar surface area (TPSA) is 45.4 Å². The number of hydrogen-bond acceptors (Lipinski definition) is 4. The molecule has 1 fully saturated rings. The van der Waals surface area contributed by atoms with E-state index in [9.17, 15) is 0 Å². The minimum absolute atomic E-state index is 0. The van der Waals surface area contributed by atoms with E-state index in [-0.39, 0.29) is 12.4 Å². The van der Waals surface area contributed by atoms with Gasteiger partial charge in [-0.2, -0.15) is 0 Å². The van der Waals surface area contributed by atoms with Crippen LogP contribution in [0.25, 0.3) is 0 Å². The number of hydrogen-bond donors (Lipinski definition) is 1. The summed E-state index contributed by atoms with van der Waals surface area (Å²) in [6, 6.07) is 4.67. The van der Waals surface area contributed by atoms with Crippen LogP contribution in [0.5, 0.6) is 0 Å². The summed E-state index contributed by atoms with van der Waals surface area (Å²) >= 11 is 0. The zero-order chi connectivity index (χ0) is 13.8. The van der Waals surface area contributed by atoms with Crippen LogP contribution in [0.4, 0.5) is 5.82 Å². The molecular weight excluding hydrogens is 272 g/mol. The third-order valence-corrected chi connectivity index (χ3v) is 4.14. The first-order valence-corrected chi connectivity index (χ1v) is 7.24. The molecule has 1 aromatic heterocycles. The van der Waals surface area contributed by atoms with Crippen molar-refractivity contribution < 1.29 is 0 Å². The van der Waals surface area contributed by atoms with E-state index in [1.807, 2.05) is 6.20 Å². The quantitative estimate of drug-likeness (QED) is 0.925. The molecule has 0 bridgehead atoms. The van der Waals surface area contributed by atoms with Gasteiger partial charge in [-0.15, -0.1) is 12.4 Å². The van der Waals surface area contributed by atoms with Gasteiger partial charge in [0.25, 0.3) is 0 Å². The highest BCUT2D eigenvalue weighted by atomic mass is 35.5. The second-order valence-corrected chi connectivity index (χ2v) is 5.70. The van der Waals surface area contributed by atoms with Crippen molar-refractivity contribution in [3.63, 3.8) is 0 Å². The van der Waals surface area contributed by atoms with Gasteiger partial charge in [-0.3, -0.25) is 4.90 Å². The van der Waals surface area contributed by atoms with E-state index in [4.69, 9.17) is 5.73 Å². The lowest BCUT2D eigenvalue weighted by Crippen LogP contribution is -2.45. The second-order valence-electron chi connectivity index (χ2n) is 5.70. The maximum Gasteiger partial charge on any atom is 0.128 e. The molecular formula is C15H27ClN4. The molecule has 2 unspecified atom stereocenters. The highest BCUT2D eigenvalue weighted by Gasteiger charge is 2.22. The normalized spacial score (nSPS) is 23.2. The maximum atomic E-state index is 6.06. The van der Waals surface area contributed by atoms with Crippen LogP contribution in [-0.2, 0) is 6.54 Å². The van der Waals surface area contributed by atoms with Crippen molar-refractivity contribution in [3.8, 4) is 0 Å². The number of aromatic nitrogens is 1. The number of rotatable bonds is 4. The van der Waals surface area contributed by atoms with Gasteiger partial charge in [0.15, 0.2) is 0 Å². The summed E-state index contributed by atoms with van der Waals surface area (Å²) in [4.78, 5) is 9.15. The third kappa shape index (κ3) is 4.33. The molecule has 0 saturated carbocycles. The number of piperidine rings is 1. The van der Waals surface area contributed by atoms with Gasteiger partial charge in [0, 0.05) is 38.9 Å². The summed E-state index contributed by atoms with van der Waals surface area (Å²) in [7, 11) is 2.07. The molecule has 0 radical (unpaired) electrons. The Morgan fingerprint density at radius 2 is 2.20 bits per heavy atom. The third-order valence-electron chi connectivity index (χ3n) is 4.14. The molecule has 0 spiro atoms. The molecule has 2 heterocycles. The lowest BCUT2D eigenvalue weighted by Gasteiger charge is -2.35. The summed E-state index contributed by atoms with van der Waals surface area (Å²) in [6.45, 7) is 8.54. The summed E-state index contributed by atoms with van der Waals surface area (Å²) < 4.78 is 0. The van der Waals surface area contributed by atoms with Gasteiger partial charge >= 0.3 is 0 Å². The van der Waals surface area contributed by atoms with E-state index in [0.29, 0.717) is 12.0 Å². The first-order valence-electron chi connectivity index (χ1n) is 7.24. The van der Waals surface area contributed by atoms with E-state index in [0.717, 1.165) is 38.4 Å². The molecule has 2 N–H and O–H groups in total. The van der Waals surface area contributed by atoms with Crippen LogP contribution in [-0.4, -0.2) is 42.6 Å². The van der Waals surface area contributed by atoms with Gasteiger partial charge in [-0.05, 0) is 37.4 Å². The van der Waals surface area contributed by atoms with Crippen LogP contribution in [0.1, 0.15) is 25.8 Å². The minimum atomic E-state index is 0. The van der Waals surface area contributed by atoms with Crippen molar-refractivity contribution in [2.24, 2.45) is 11.7 Å². The fourth-order valence-electron chi connectivity index (χ4n) is 2.55. The fraction of sp³-hybridized carbons (Fsp3) is 0.667. The first-order chi connectivity index (χ1) is 9.10. The average molecular weight is 299 g/mol. The van der Waals surface area contributed by atoms with E-state index in [1.54, 1.807) is 0 Å². The standard InChI is InChI=1S/C15H26N4.ClH/c1-4-18(3)15-6-5-13(9-17-15)11-19-8-7-14(16)12(2)10-19;/h5-6,9,12,14H,4,7-8,10-11,16H2,1-3H3;1H. The molecule has 1 aromatic rings. The first kappa shape index (κ1) is 17.2. The van der Waals surface area contributed by atoms with E-state index in [2.05, 4.69) is 47.8 Å². The second kappa shape index (κ2) is 7.81. The van der Waals surface area contributed by atoms with Crippen molar-refractivity contribution in [1.82, 2.24) is 9.88 Å². The van der Waals surface area contributed by atoms with Crippen molar-refractivity contribution in [3.05, 3.63) is 23.9 Å². The number of nitrogens with two attached hydrogens (primary N) is 1. The summed E-state index contributed by atoms with van der Waals surface area (Å²) in [5, 5.41) is 0. The lowest BCUT2D eigenvalue weighted by atomic mass is 9.94. The number of pyridine rings is 1. The Balaban J connectivity index is 0.00000200. The zero-order valence-corrected chi connectivity index (χ0v) is 13.6. The van der Waals surface area contributed by atoms with Crippen molar-refractivity contribution in [2.75, 3.05) is 31.6 Å². The Kier molecular flexibility index (Phi) is 6.72. The Labute approximate surface area is 128 Å². The fourth-order valence-corrected chi connectivity index (χ4v) is 2.55. The number of anilines is 1. The van der Waals surface area contributed by atoms with Crippen LogP contribution < -0.4 is 10.6 Å². The van der Waals surface area contributed by atoms with Crippen molar-refractivity contribution in [1.29, 1.82) is 0 Å². The summed E-state index contributed by atoms with van der Waals surface area (Å²) in [5.74, 6) is 1.63. The molecule has 0 aromatic carbocycles. The van der Waals surface area contributed by atoms with Crippen LogP contribution in [0.15, 0.2) is 18.3 Å². The smallest absolute Gasteiger partial charge is 0.128 e. The van der Waals surface area contributed by atoms with Gasteiger partial charge < -0.3 is 10.6 Å². The highest BCUT2D eigenvalue weighted by molar-refractivity contribution is 5.85. The zero-order valence-electron chi connectivity index (χ0n) is 12.7. The Morgan fingerprint density at radius 1 is 1.45 bits per heavy atom. The largest absolute Gasteiger partial charge is 0.360 e. The molecule has 5 heteroatoms. The minimum Gasteiger partial charge on any atom is -0.360 e. The van der Waals surface area contributed by atoms with Gasteiger partial charge in [0.05, 0.1) is 0 Å². The summed E-state index contributed by atoms with van der Waals surface area (Å²) in [5.41, 5.74) is 7.35. The Hall–Kier alpha value is -0.840. The molecule has 0 aliphatic carbocycles. The van der Waals surface area contributed by atoms with E-state index >= 15 is 0 Å². The highest BCUT2D eigenvalue weighted by Crippen LogP contribution is 2.18.